The van der Waals surface area contributed by atoms with Crippen molar-refractivity contribution in [2.45, 2.75) is 45.3 Å². The van der Waals surface area contributed by atoms with Gasteiger partial charge in [0.15, 0.2) is 5.69 Å². The molecule has 0 radical (unpaired) electrons. The molecule has 7 nitrogen and oxygen atoms in total. The fourth-order valence-corrected chi connectivity index (χ4v) is 3.63. The van der Waals surface area contributed by atoms with Crippen LogP contribution in [0.3, 0.4) is 0 Å². The van der Waals surface area contributed by atoms with Crippen LogP contribution in [0.2, 0.25) is 0 Å². The molecule has 0 bridgehead atoms. The maximum atomic E-state index is 12.6. The van der Waals surface area contributed by atoms with Crippen molar-refractivity contribution in [1.82, 2.24) is 20.0 Å². The van der Waals surface area contributed by atoms with Gasteiger partial charge in [-0.1, -0.05) is 6.42 Å². The lowest BCUT2D eigenvalue weighted by molar-refractivity contribution is 0.0922. The predicted octanol–water partition coefficient (Wildman–Crippen LogP) is 1.21. The molecule has 1 aromatic heterocycles. The van der Waals surface area contributed by atoms with E-state index in [1.807, 2.05) is 4.68 Å². The molecule has 1 N–H and O–H groups in total. The van der Waals surface area contributed by atoms with Gasteiger partial charge in [-0.15, -0.1) is 0 Å². The molecule has 2 aliphatic heterocycles. The number of rotatable bonds is 8. The molecule has 3 rings (SSSR count). The van der Waals surface area contributed by atoms with Crippen LogP contribution in [-0.2, 0) is 29.0 Å². The van der Waals surface area contributed by atoms with E-state index < -0.39 is 0 Å². The number of nitrogens with zero attached hydrogens (tertiary/aromatic N) is 3. The van der Waals surface area contributed by atoms with Crippen LogP contribution in [0.25, 0.3) is 0 Å². The van der Waals surface area contributed by atoms with E-state index in [1.54, 1.807) is 7.11 Å². The van der Waals surface area contributed by atoms with Gasteiger partial charge in [0, 0.05) is 31.3 Å². The Kier molecular flexibility index (Phi) is 6.84. The van der Waals surface area contributed by atoms with E-state index >= 15 is 0 Å². The molecule has 0 unspecified atom stereocenters. The van der Waals surface area contributed by atoms with Crippen LogP contribution in [0, 0.1) is 0 Å². The van der Waals surface area contributed by atoms with E-state index in [0.29, 0.717) is 38.6 Å². The first-order valence-electron chi connectivity index (χ1n) is 9.45. The zero-order valence-corrected chi connectivity index (χ0v) is 15.3. The SMILES string of the molecule is COCCn1nc(C(=O)NCCCN2CCCCC2)c2c1CCOC2. The number of hydrogen-bond acceptors (Lipinski definition) is 5. The summed E-state index contributed by atoms with van der Waals surface area (Å²) in [7, 11) is 1.68. The highest BCUT2D eigenvalue weighted by Gasteiger charge is 2.25. The van der Waals surface area contributed by atoms with Crippen molar-refractivity contribution in [2.75, 3.05) is 46.5 Å². The number of nitrogens with one attached hydrogen (secondary N) is 1. The standard InChI is InChI=1S/C18H30N4O3/c1-24-13-11-22-16-6-12-25-14-15(16)17(20-22)18(23)19-7-5-10-21-8-3-2-4-9-21/h2-14H2,1H3,(H,19,23). The van der Waals surface area contributed by atoms with Crippen molar-refractivity contribution in [3.05, 3.63) is 17.0 Å². The molecule has 0 saturated carbocycles. The Labute approximate surface area is 149 Å². The van der Waals surface area contributed by atoms with E-state index in [-0.39, 0.29) is 5.91 Å². The fraction of sp³-hybridized carbons (Fsp3) is 0.778. The molecular formula is C18H30N4O3. The molecule has 7 heteroatoms. The molecule has 0 spiro atoms. The Morgan fingerprint density at radius 3 is 2.92 bits per heavy atom. The highest BCUT2D eigenvalue weighted by Crippen LogP contribution is 2.21. The van der Waals surface area contributed by atoms with E-state index in [4.69, 9.17) is 9.47 Å². The molecule has 2 aliphatic rings. The average molecular weight is 350 g/mol. The van der Waals surface area contributed by atoms with E-state index in [0.717, 1.165) is 30.6 Å². The summed E-state index contributed by atoms with van der Waals surface area (Å²) in [5.41, 5.74) is 2.57. The molecule has 1 fully saturated rings. The second-order valence-electron chi connectivity index (χ2n) is 6.80. The third kappa shape index (κ3) is 4.80. The lowest BCUT2D eigenvalue weighted by Gasteiger charge is -2.26. The lowest BCUT2D eigenvalue weighted by Crippen LogP contribution is -2.33. The van der Waals surface area contributed by atoms with Gasteiger partial charge in [-0.2, -0.15) is 5.10 Å². The Bertz CT molecular complexity index is 567. The van der Waals surface area contributed by atoms with Crippen LogP contribution in [0.4, 0.5) is 0 Å². The highest BCUT2D eigenvalue weighted by atomic mass is 16.5. The number of aromatic nitrogens is 2. The summed E-state index contributed by atoms with van der Waals surface area (Å²) in [6.07, 6.45) is 5.74. The van der Waals surface area contributed by atoms with Gasteiger partial charge in [0.25, 0.3) is 5.91 Å². The van der Waals surface area contributed by atoms with Crippen LogP contribution in [-0.4, -0.2) is 67.1 Å². The summed E-state index contributed by atoms with van der Waals surface area (Å²) < 4.78 is 12.6. The van der Waals surface area contributed by atoms with Gasteiger partial charge in [0.2, 0.25) is 0 Å². The number of likely N-dealkylation sites (tertiary alicyclic amines) is 1. The summed E-state index contributed by atoms with van der Waals surface area (Å²) in [6, 6.07) is 0. The second-order valence-corrected chi connectivity index (χ2v) is 6.80. The summed E-state index contributed by atoms with van der Waals surface area (Å²) in [5, 5.41) is 7.56. The molecular weight excluding hydrogens is 320 g/mol. The number of methoxy groups -OCH3 is 1. The highest BCUT2D eigenvalue weighted by molar-refractivity contribution is 5.94. The molecule has 0 aliphatic carbocycles. The van der Waals surface area contributed by atoms with Gasteiger partial charge >= 0.3 is 0 Å². The monoisotopic (exact) mass is 350 g/mol. The Morgan fingerprint density at radius 2 is 2.12 bits per heavy atom. The quantitative estimate of drug-likeness (QED) is 0.714. The first kappa shape index (κ1) is 18.4. The normalized spacial score (nSPS) is 18.1. The van der Waals surface area contributed by atoms with E-state index in [1.165, 1.54) is 32.4 Å². The predicted molar refractivity (Wildman–Crippen MR) is 94.7 cm³/mol. The lowest BCUT2D eigenvalue weighted by atomic mass is 10.1. The third-order valence-electron chi connectivity index (χ3n) is 5.00. The Hall–Kier alpha value is -1.44. The van der Waals surface area contributed by atoms with Crippen LogP contribution >= 0.6 is 0 Å². The van der Waals surface area contributed by atoms with E-state index in [2.05, 4.69) is 15.3 Å². The maximum absolute atomic E-state index is 12.6. The maximum Gasteiger partial charge on any atom is 0.272 e. The van der Waals surface area contributed by atoms with Crippen molar-refractivity contribution in [1.29, 1.82) is 0 Å². The Morgan fingerprint density at radius 1 is 1.28 bits per heavy atom. The van der Waals surface area contributed by atoms with Crippen LogP contribution in [0.15, 0.2) is 0 Å². The summed E-state index contributed by atoms with van der Waals surface area (Å²) in [4.78, 5) is 15.1. The Balaban J connectivity index is 1.53. The zero-order valence-electron chi connectivity index (χ0n) is 15.3. The zero-order chi connectivity index (χ0) is 17.5. The number of carbonyl (C=O) groups is 1. The van der Waals surface area contributed by atoms with Crippen molar-refractivity contribution in [3.63, 3.8) is 0 Å². The minimum atomic E-state index is -0.0865. The number of amides is 1. The number of hydrogen-bond donors (Lipinski definition) is 1. The summed E-state index contributed by atoms with van der Waals surface area (Å²) >= 11 is 0. The van der Waals surface area contributed by atoms with Crippen LogP contribution < -0.4 is 5.32 Å². The molecule has 1 aromatic rings. The van der Waals surface area contributed by atoms with Crippen molar-refractivity contribution in [2.24, 2.45) is 0 Å². The molecule has 3 heterocycles. The molecule has 1 amide bonds. The largest absolute Gasteiger partial charge is 0.383 e. The van der Waals surface area contributed by atoms with Crippen molar-refractivity contribution < 1.29 is 14.3 Å². The second kappa shape index (κ2) is 9.31. The van der Waals surface area contributed by atoms with Gasteiger partial charge in [-0.05, 0) is 38.9 Å². The molecule has 1 saturated heterocycles. The van der Waals surface area contributed by atoms with Gasteiger partial charge in [-0.25, -0.2) is 0 Å². The number of fused-ring (bicyclic) bond motifs is 1. The molecule has 25 heavy (non-hydrogen) atoms. The molecule has 0 aromatic carbocycles. The van der Waals surface area contributed by atoms with Crippen LogP contribution in [0.5, 0.6) is 0 Å². The first-order chi connectivity index (χ1) is 12.3. The topological polar surface area (TPSA) is 68.6 Å². The summed E-state index contributed by atoms with van der Waals surface area (Å²) in [6.45, 7) is 6.55. The fourth-order valence-electron chi connectivity index (χ4n) is 3.63. The minimum absolute atomic E-state index is 0.0865. The number of ether oxygens (including phenoxy) is 2. The third-order valence-corrected chi connectivity index (χ3v) is 5.00. The number of piperidine rings is 1. The van der Waals surface area contributed by atoms with Gasteiger partial charge in [0.1, 0.15) is 0 Å². The van der Waals surface area contributed by atoms with Crippen LogP contribution in [0.1, 0.15) is 47.4 Å². The smallest absolute Gasteiger partial charge is 0.272 e. The molecule has 140 valence electrons. The number of carbonyl (C=O) groups excluding carboxylic acids is 1. The summed E-state index contributed by atoms with van der Waals surface area (Å²) in [5.74, 6) is -0.0865. The van der Waals surface area contributed by atoms with E-state index in [9.17, 15) is 4.79 Å². The van der Waals surface area contributed by atoms with Crippen molar-refractivity contribution >= 4 is 5.91 Å². The average Bonchev–Trinajstić information content (AvgIpc) is 3.03. The van der Waals surface area contributed by atoms with Crippen molar-refractivity contribution in [3.8, 4) is 0 Å². The van der Waals surface area contributed by atoms with Gasteiger partial charge in [0.05, 0.1) is 26.4 Å². The molecule has 0 atom stereocenters. The van der Waals surface area contributed by atoms with Gasteiger partial charge < -0.3 is 19.7 Å². The van der Waals surface area contributed by atoms with Gasteiger partial charge in [-0.3, -0.25) is 9.48 Å². The first-order valence-corrected chi connectivity index (χ1v) is 9.45. The minimum Gasteiger partial charge on any atom is -0.383 e.